The Bertz CT molecular complexity index is 769. The third-order valence-electron chi connectivity index (χ3n) is 3.43. The molecule has 0 unspecified atom stereocenters. The Morgan fingerprint density at radius 1 is 0.920 bits per heavy atom. The predicted octanol–water partition coefficient (Wildman–Crippen LogP) is 3.14. The molecule has 0 spiro atoms. The summed E-state index contributed by atoms with van der Waals surface area (Å²) in [5.74, 6) is -1.21. The van der Waals surface area contributed by atoms with Crippen molar-refractivity contribution >= 4 is 29.2 Å². The number of aryl methyl sites for hydroxylation is 1. The fourth-order valence-electron chi connectivity index (χ4n) is 2.21. The van der Waals surface area contributed by atoms with Crippen molar-refractivity contribution in [2.45, 2.75) is 20.3 Å². The second-order valence-electron chi connectivity index (χ2n) is 5.38. The van der Waals surface area contributed by atoms with E-state index >= 15 is 0 Å². The zero-order chi connectivity index (χ0) is 18.2. The Labute approximate surface area is 146 Å². The van der Waals surface area contributed by atoms with Gasteiger partial charge >= 0.3 is 5.97 Å². The van der Waals surface area contributed by atoms with Crippen LogP contribution in [-0.2, 0) is 14.3 Å². The zero-order valence-corrected chi connectivity index (χ0v) is 14.2. The molecule has 0 saturated carbocycles. The minimum Gasteiger partial charge on any atom is -0.466 e. The number of esters is 1. The normalized spacial score (nSPS) is 10.0. The maximum atomic E-state index is 12.2. The van der Waals surface area contributed by atoms with Gasteiger partial charge < -0.3 is 15.4 Å². The van der Waals surface area contributed by atoms with Crippen molar-refractivity contribution in [3.05, 3.63) is 59.7 Å². The molecule has 2 rings (SSSR count). The molecule has 0 aromatic heterocycles. The lowest BCUT2D eigenvalue weighted by molar-refractivity contribution is -0.145. The quantitative estimate of drug-likeness (QED) is 0.625. The van der Waals surface area contributed by atoms with E-state index in [9.17, 15) is 14.4 Å². The van der Waals surface area contributed by atoms with Crippen molar-refractivity contribution in [1.29, 1.82) is 0 Å². The van der Waals surface area contributed by atoms with Crippen molar-refractivity contribution in [2.24, 2.45) is 0 Å². The van der Waals surface area contributed by atoms with Crippen LogP contribution in [-0.4, -0.2) is 24.4 Å². The van der Waals surface area contributed by atoms with Crippen LogP contribution in [0.25, 0.3) is 0 Å². The van der Waals surface area contributed by atoms with Gasteiger partial charge in [0.05, 0.1) is 6.61 Å². The van der Waals surface area contributed by atoms with Gasteiger partial charge in [0.15, 0.2) is 0 Å². The number of carbonyl (C=O) groups excluding carboxylic acids is 3. The summed E-state index contributed by atoms with van der Waals surface area (Å²) in [6.07, 6.45) is -0.334. The first-order valence-corrected chi connectivity index (χ1v) is 7.92. The van der Waals surface area contributed by atoms with E-state index in [2.05, 4.69) is 10.6 Å². The van der Waals surface area contributed by atoms with Crippen LogP contribution in [0.3, 0.4) is 0 Å². The van der Waals surface area contributed by atoms with Crippen LogP contribution in [0.15, 0.2) is 48.5 Å². The molecule has 0 saturated heterocycles. The van der Waals surface area contributed by atoms with Gasteiger partial charge in [0, 0.05) is 16.9 Å². The highest BCUT2D eigenvalue weighted by Gasteiger charge is 2.11. The Balaban J connectivity index is 1.94. The van der Waals surface area contributed by atoms with Crippen LogP contribution in [0.4, 0.5) is 11.4 Å². The highest BCUT2D eigenvalue weighted by atomic mass is 16.5. The van der Waals surface area contributed by atoms with E-state index in [0.717, 1.165) is 5.56 Å². The second kappa shape index (κ2) is 8.63. The number of nitrogens with one attached hydrogen (secondary N) is 2. The van der Waals surface area contributed by atoms with Gasteiger partial charge in [0.2, 0.25) is 5.91 Å². The summed E-state index contributed by atoms with van der Waals surface area (Å²) in [5.41, 5.74) is 2.64. The van der Waals surface area contributed by atoms with Gasteiger partial charge in [-0.05, 0) is 49.7 Å². The van der Waals surface area contributed by atoms with Crippen molar-refractivity contribution in [2.75, 3.05) is 17.2 Å². The molecule has 2 amide bonds. The molecule has 130 valence electrons. The molecule has 2 aromatic carbocycles. The standard InChI is InChI=1S/C19H20N2O4/c1-3-25-18(23)12-17(22)20-14-8-10-15(11-9-14)21-19(24)16-7-5-4-6-13(16)2/h4-11H,3,12H2,1-2H3,(H,20,22)(H,21,24). The second-order valence-corrected chi connectivity index (χ2v) is 5.38. The third kappa shape index (κ3) is 5.46. The van der Waals surface area contributed by atoms with Gasteiger partial charge in [-0.2, -0.15) is 0 Å². The molecule has 0 aliphatic heterocycles. The van der Waals surface area contributed by atoms with E-state index in [1.54, 1.807) is 37.3 Å². The van der Waals surface area contributed by atoms with Crippen LogP contribution < -0.4 is 10.6 Å². The van der Waals surface area contributed by atoms with Crippen LogP contribution in [0.2, 0.25) is 0 Å². The Hall–Kier alpha value is -3.15. The van der Waals surface area contributed by atoms with E-state index in [1.807, 2.05) is 25.1 Å². The number of benzene rings is 2. The van der Waals surface area contributed by atoms with E-state index in [1.165, 1.54) is 0 Å². The van der Waals surface area contributed by atoms with Crippen LogP contribution in [0.1, 0.15) is 29.3 Å². The Morgan fingerprint density at radius 2 is 1.52 bits per heavy atom. The van der Waals surface area contributed by atoms with Crippen LogP contribution in [0, 0.1) is 6.92 Å². The highest BCUT2D eigenvalue weighted by Crippen LogP contribution is 2.16. The fraction of sp³-hybridized carbons (Fsp3) is 0.211. The number of amides is 2. The largest absolute Gasteiger partial charge is 0.466 e. The number of anilines is 2. The molecule has 0 aliphatic carbocycles. The summed E-state index contributed by atoms with van der Waals surface area (Å²) in [5, 5.41) is 5.40. The van der Waals surface area contributed by atoms with E-state index in [4.69, 9.17) is 4.74 Å². The molecule has 0 radical (unpaired) electrons. The van der Waals surface area contributed by atoms with Crippen molar-refractivity contribution < 1.29 is 19.1 Å². The van der Waals surface area contributed by atoms with Gasteiger partial charge in [-0.3, -0.25) is 14.4 Å². The van der Waals surface area contributed by atoms with E-state index in [0.29, 0.717) is 16.9 Å². The molecule has 0 fully saturated rings. The molecule has 2 aromatic rings. The first kappa shape index (κ1) is 18.2. The molecule has 6 nitrogen and oxygen atoms in total. The lowest BCUT2D eigenvalue weighted by atomic mass is 10.1. The average Bonchev–Trinajstić information content (AvgIpc) is 2.57. The number of ether oxygens (including phenoxy) is 1. The number of carbonyl (C=O) groups is 3. The summed E-state index contributed by atoms with van der Waals surface area (Å²) < 4.78 is 4.72. The Kier molecular flexibility index (Phi) is 6.28. The topological polar surface area (TPSA) is 84.5 Å². The van der Waals surface area contributed by atoms with Crippen LogP contribution in [0.5, 0.6) is 0 Å². The third-order valence-corrected chi connectivity index (χ3v) is 3.43. The van der Waals surface area contributed by atoms with Gasteiger partial charge in [0.25, 0.3) is 5.91 Å². The molecule has 0 aliphatic rings. The van der Waals surface area contributed by atoms with E-state index < -0.39 is 11.9 Å². The SMILES string of the molecule is CCOC(=O)CC(=O)Nc1ccc(NC(=O)c2ccccc2C)cc1. The first-order chi connectivity index (χ1) is 12.0. The molecule has 2 N–H and O–H groups in total. The smallest absolute Gasteiger partial charge is 0.315 e. The molecular weight excluding hydrogens is 320 g/mol. The van der Waals surface area contributed by atoms with Gasteiger partial charge in [0.1, 0.15) is 6.42 Å². The maximum absolute atomic E-state index is 12.2. The van der Waals surface area contributed by atoms with Gasteiger partial charge in [-0.15, -0.1) is 0 Å². The molecule has 25 heavy (non-hydrogen) atoms. The lowest BCUT2D eigenvalue weighted by Crippen LogP contribution is -2.18. The average molecular weight is 340 g/mol. The minimum absolute atomic E-state index is 0.197. The summed E-state index contributed by atoms with van der Waals surface area (Å²) in [7, 11) is 0. The highest BCUT2D eigenvalue weighted by molar-refractivity contribution is 6.05. The Morgan fingerprint density at radius 3 is 2.12 bits per heavy atom. The summed E-state index contributed by atoms with van der Waals surface area (Å²) in [6, 6.07) is 14.0. The van der Waals surface area contributed by atoms with Crippen molar-refractivity contribution in [1.82, 2.24) is 0 Å². The lowest BCUT2D eigenvalue weighted by Gasteiger charge is -2.09. The van der Waals surface area contributed by atoms with Gasteiger partial charge in [-0.1, -0.05) is 18.2 Å². The molecule has 6 heteroatoms. The molecular formula is C19H20N2O4. The summed E-state index contributed by atoms with van der Waals surface area (Å²) >= 11 is 0. The predicted molar refractivity (Wildman–Crippen MR) is 95.5 cm³/mol. The summed E-state index contributed by atoms with van der Waals surface area (Å²) in [4.78, 5) is 35.2. The van der Waals surface area contributed by atoms with Crippen molar-refractivity contribution in [3.8, 4) is 0 Å². The number of hydrogen-bond acceptors (Lipinski definition) is 4. The number of hydrogen-bond donors (Lipinski definition) is 2. The van der Waals surface area contributed by atoms with Crippen molar-refractivity contribution in [3.63, 3.8) is 0 Å². The number of rotatable bonds is 6. The minimum atomic E-state index is -0.567. The van der Waals surface area contributed by atoms with Crippen LogP contribution >= 0.6 is 0 Å². The van der Waals surface area contributed by atoms with E-state index in [-0.39, 0.29) is 18.9 Å². The summed E-state index contributed by atoms with van der Waals surface area (Å²) in [6.45, 7) is 3.79. The maximum Gasteiger partial charge on any atom is 0.315 e. The fourth-order valence-corrected chi connectivity index (χ4v) is 2.21. The molecule has 0 atom stereocenters. The molecule has 0 bridgehead atoms. The monoisotopic (exact) mass is 340 g/mol. The van der Waals surface area contributed by atoms with Gasteiger partial charge in [-0.25, -0.2) is 0 Å². The molecule has 0 heterocycles. The zero-order valence-electron chi connectivity index (χ0n) is 14.2. The first-order valence-electron chi connectivity index (χ1n) is 7.92.